The average molecular weight is 320 g/mol. The smallest absolute Gasteiger partial charge is 0.257 e. The molecule has 2 aliphatic heterocycles. The van der Waals surface area contributed by atoms with Gasteiger partial charge in [-0.25, -0.2) is 0 Å². The molecule has 8 heteroatoms. The Labute approximate surface area is 130 Å². The van der Waals surface area contributed by atoms with E-state index in [0.29, 0.717) is 30.3 Å². The SMILES string of the molecule is O=C1CC(=O)NC(SCC(=O)c2ccc3c(c2)OCCO3)=N1. The highest BCUT2D eigenvalue weighted by Crippen LogP contribution is 2.31. The lowest BCUT2D eigenvalue weighted by atomic mass is 10.1. The summed E-state index contributed by atoms with van der Waals surface area (Å²) < 4.78 is 10.8. The number of carbonyl (C=O) groups excluding carboxylic acids is 3. The molecule has 1 aromatic rings. The van der Waals surface area contributed by atoms with Crippen molar-refractivity contribution in [2.24, 2.45) is 4.99 Å². The Morgan fingerprint density at radius 2 is 2.00 bits per heavy atom. The molecule has 1 N–H and O–H groups in total. The molecule has 22 heavy (non-hydrogen) atoms. The molecule has 0 saturated heterocycles. The van der Waals surface area contributed by atoms with E-state index >= 15 is 0 Å². The lowest BCUT2D eigenvalue weighted by Gasteiger charge is -2.18. The summed E-state index contributed by atoms with van der Waals surface area (Å²) in [6.45, 7) is 0.939. The van der Waals surface area contributed by atoms with Crippen LogP contribution in [0.25, 0.3) is 0 Å². The third kappa shape index (κ3) is 3.28. The summed E-state index contributed by atoms with van der Waals surface area (Å²) in [5, 5.41) is 2.62. The Bertz CT molecular complexity index is 686. The number of hydrogen-bond acceptors (Lipinski definition) is 6. The number of aliphatic imine (C=N–C) groups is 1. The molecule has 1 aromatic carbocycles. The van der Waals surface area contributed by atoms with Gasteiger partial charge in [0.15, 0.2) is 22.4 Å². The van der Waals surface area contributed by atoms with Crippen molar-refractivity contribution in [3.63, 3.8) is 0 Å². The fraction of sp³-hybridized carbons (Fsp3) is 0.286. The van der Waals surface area contributed by atoms with Gasteiger partial charge in [-0.1, -0.05) is 11.8 Å². The van der Waals surface area contributed by atoms with Crippen LogP contribution in [0, 0.1) is 0 Å². The lowest BCUT2D eigenvalue weighted by molar-refractivity contribution is -0.127. The van der Waals surface area contributed by atoms with E-state index < -0.39 is 11.8 Å². The van der Waals surface area contributed by atoms with E-state index in [4.69, 9.17) is 9.47 Å². The molecule has 0 spiro atoms. The van der Waals surface area contributed by atoms with Crippen molar-refractivity contribution in [1.82, 2.24) is 5.32 Å². The summed E-state index contributed by atoms with van der Waals surface area (Å²) in [7, 11) is 0. The van der Waals surface area contributed by atoms with E-state index in [1.54, 1.807) is 18.2 Å². The Morgan fingerprint density at radius 1 is 1.23 bits per heavy atom. The van der Waals surface area contributed by atoms with Gasteiger partial charge in [0.2, 0.25) is 5.91 Å². The van der Waals surface area contributed by atoms with Gasteiger partial charge in [0.05, 0.1) is 5.75 Å². The van der Waals surface area contributed by atoms with E-state index in [9.17, 15) is 14.4 Å². The van der Waals surface area contributed by atoms with Crippen molar-refractivity contribution in [2.45, 2.75) is 6.42 Å². The van der Waals surface area contributed by atoms with Crippen LogP contribution in [-0.4, -0.2) is 41.7 Å². The van der Waals surface area contributed by atoms with Crippen LogP contribution in [0.15, 0.2) is 23.2 Å². The summed E-state index contributed by atoms with van der Waals surface area (Å²) in [6, 6.07) is 4.97. The normalized spacial score (nSPS) is 16.8. The Hall–Kier alpha value is -2.35. The largest absolute Gasteiger partial charge is 0.486 e. The molecule has 2 amide bonds. The third-order valence-electron chi connectivity index (χ3n) is 2.99. The van der Waals surface area contributed by atoms with Crippen LogP contribution in [0.2, 0.25) is 0 Å². The summed E-state index contributed by atoms with van der Waals surface area (Å²) in [6.07, 6.45) is -0.250. The number of amidine groups is 1. The number of amides is 2. The van der Waals surface area contributed by atoms with Gasteiger partial charge in [-0.3, -0.25) is 14.4 Å². The zero-order chi connectivity index (χ0) is 15.5. The lowest BCUT2D eigenvalue weighted by Crippen LogP contribution is -2.35. The molecule has 0 atom stereocenters. The second-order valence-corrected chi connectivity index (χ2v) is 5.57. The zero-order valence-electron chi connectivity index (χ0n) is 11.5. The summed E-state index contributed by atoms with van der Waals surface area (Å²) in [4.78, 5) is 38.2. The molecule has 0 radical (unpaired) electrons. The highest BCUT2D eigenvalue weighted by Gasteiger charge is 2.20. The zero-order valence-corrected chi connectivity index (χ0v) is 12.3. The van der Waals surface area contributed by atoms with Gasteiger partial charge in [0.25, 0.3) is 5.91 Å². The van der Waals surface area contributed by atoms with E-state index in [2.05, 4.69) is 10.3 Å². The highest BCUT2D eigenvalue weighted by molar-refractivity contribution is 8.14. The molecule has 0 bridgehead atoms. The quantitative estimate of drug-likeness (QED) is 0.653. The highest BCUT2D eigenvalue weighted by atomic mass is 32.2. The molecule has 0 unspecified atom stereocenters. The van der Waals surface area contributed by atoms with Crippen LogP contribution in [-0.2, 0) is 9.59 Å². The number of thioether (sulfide) groups is 1. The van der Waals surface area contributed by atoms with Crippen LogP contribution in [0.4, 0.5) is 0 Å². The maximum absolute atomic E-state index is 12.2. The topological polar surface area (TPSA) is 94.1 Å². The minimum absolute atomic E-state index is 0.0615. The van der Waals surface area contributed by atoms with Gasteiger partial charge in [0, 0.05) is 5.56 Å². The van der Waals surface area contributed by atoms with Crippen molar-refractivity contribution >= 4 is 34.5 Å². The predicted molar refractivity (Wildman–Crippen MR) is 79.4 cm³/mol. The van der Waals surface area contributed by atoms with Crippen molar-refractivity contribution < 1.29 is 23.9 Å². The van der Waals surface area contributed by atoms with Crippen LogP contribution in [0.1, 0.15) is 16.8 Å². The number of Topliss-reactive ketones (excluding diaryl/α,β-unsaturated/α-hetero) is 1. The maximum Gasteiger partial charge on any atom is 0.257 e. The minimum Gasteiger partial charge on any atom is -0.486 e. The second kappa shape index (κ2) is 6.18. The summed E-state index contributed by atoms with van der Waals surface area (Å²) >= 11 is 1.02. The van der Waals surface area contributed by atoms with E-state index in [1.807, 2.05) is 0 Å². The Morgan fingerprint density at radius 3 is 2.77 bits per heavy atom. The van der Waals surface area contributed by atoms with Gasteiger partial charge in [-0.15, -0.1) is 0 Å². The first-order valence-electron chi connectivity index (χ1n) is 6.59. The van der Waals surface area contributed by atoms with Crippen LogP contribution in [0.5, 0.6) is 11.5 Å². The summed E-state index contributed by atoms with van der Waals surface area (Å²) in [5.41, 5.74) is 0.478. The van der Waals surface area contributed by atoms with Crippen molar-refractivity contribution in [3.05, 3.63) is 23.8 Å². The van der Waals surface area contributed by atoms with Crippen molar-refractivity contribution in [3.8, 4) is 11.5 Å². The van der Waals surface area contributed by atoms with Gasteiger partial charge in [-0.2, -0.15) is 4.99 Å². The average Bonchev–Trinajstić information content (AvgIpc) is 2.51. The first kappa shape index (κ1) is 14.6. The minimum atomic E-state index is -0.502. The Kier molecular flexibility index (Phi) is 4.10. The molecule has 2 heterocycles. The molecular weight excluding hydrogens is 308 g/mol. The number of rotatable bonds is 3. The van der Waals surface area contributed by atoms with Gasteiger partial charge < -0.3 is 14.8 Å². The number of hydrogen-bond donors (Lipinski definition) is 1. The number of fused-ring (bicyclic) bond motifs is 1. The van der Waals surface area contributed by atoms with Gasteiger partial charge in [-0.05, 0) is 18.2 Å². The number of nitrogens with zero attached hydrogens (tertiary/aromatic N) is 1. The fourth-order valence-electron chi connectivity index (χ4n) is 1.98. The van der Waals surface area contributed by atoms with Crippen molar-refractivity contribution in [1.29, 1.82) is 0 Å². The number of ether oxygens (including phenoxy) is 2. The van der Waals surface area contributed by atoms with E-state index in [1.165, 1.54) is 0 Å². The summed E-state index contributed by atoms with van der Waals surface area (Å²) in [5.74, 6) is 0.154. The van der Waals surface area contributed by atoms with E-state index in [-0.39, 0.29) is 23.1 Å². The molecule has 0 aromatic heterocycles. The monoisotopic (exact) mass is 320 g/mol. The number of carbonyl (C=O) groups is 3. The molecular formula is C14H12N2O5S. The fourth-order valence-corrected chi connectivity index (χ4v) is 2.77. The van der Waals surface area contributed by atoms with Gasteiger partial charge >= 0.3 is 0 Å². The number of benzene rings is 1. The molecule has 3 rings (SSSR count). The number of ketones is 1. The van der Waals surface area contributed by atoms with Crippen molar-refractivity contribution in [2.75, 3.05) is 19.0 Å². The number of nitrogens with one attached hydrogen (secondary N) is 1. The standard InChI is InChI=1S/C14H12N2O5S/c17-9(7-22-14-15-12(18)6-13(19)16-14)8-1-2-10-11(5-8)21-4-3-20-10/h1-2,5H,3-4,6-7H2,(H,15,16,18,19). The molecule has 0 aliphatic carbocycles. The maximum atomic E-state index is 12.2. The molecule has 0 saturated carbocycles. The first-order valence-corrected chi connectivity index (χ1v) is 7.57. The third-order valence-corrected chi connectivity index (χ3v) is 3.86. The van der Waals surface area contributed by atoms with Crippen LogP contribution < -0.4 is 14.8 Å². The van der Waals surface area contributed by atoms with Gasteiger partial charge in [0.1, 0.15) is 19.6 Å². The molecule has 7 nitrogen and oxygen atoms in total. The van der Waals surface area contributed by atoms with Crippen LogP contribution in [0.3, 0.4) is 0 Å². The first-order chi connectivity index (χ1) is 10.6. The Balaban J connectivity index is 1.65. The molecule has 2 aliphatic rings. The second-order valence-electron chi connectivity index (χ2n) is 4.61. The van der Waals surface area contributed by atoms with E-state index in [0.717, 1.165) is 11.8 Å². The predicted octanol–water partition coefficient (Wildman–Crippen LogP) is 0.776. The van der Waals surface area contributed by atoms with Crippen LogP contribution >= 0.6 is 11.8 Å². The molecule has 114 valence electrons. The molecule has 0 fully saturated rings.